The molecule has 0 aliphatic heterocycles. The molecule has 0 aromatic carbocycles. The van der Waals surface area contributed by atoms with Gasteiger partial charge in [0.1, 0.15) is 2.74 Å². The van der Waals surface area contributed by atoms with Gasteiger partial charge in [-0.25, -0.2) is 0 Å². The maximum absolute atomic E-state index is 11.4. The molecule has 29 heavy (non-hydrogen) atoms. The molecule has 0 N–H and O–H groups in total. The van der Waals surface area contributed by atoms with Crippen LogP contribution in [0.15, 0.2) is 35.7 Å². The smallest absolute Gasteiger partial charge is 0.160 e. The van der Waals surface area contributed by atoms with Crippen LogP contribution in [0.3, 0.4) is 0 Å². The number of thiophene rings is 4. The van der Waals surface area contributed by atoms with E-state index in [1.165, 1.54) is 43.1 Å². The van der Waals surface area contributed by atoms with Gasteiger partial charge in [0.25, 0.3) is 0 Å². The molecule has 0 atom stereocenters. The van der Waals surface area contributed by atoms with Crippen LogP contribution in [0.4, 0.5) is 0 Å². The third kappa shape index (κ3) is 3.22. The van der Waals surface area contributed by atoms with Gasteiger partial charge >= 0.3 is 0 Å². The number of nitrogens with zero attached hydrogens (tertiary/aromatic N) is 1. The monoisotopic (exact) mass is 457 g/mol. The zero-order valence-corrected chi connectivity index (χ0v) is 18.9. The van der Waals surface area contributed by atoms with Gasteiger partial charge in [0.15, 0.2) is 12.5 Å². The van der Waals surface area contributed by atoms with E-state index >= 15 is 0 Å². The molecule has 5 heterocycles. The molecule has 5 aromatic rings. The number of aldehydes is 2. The predicted molar refractivity (Wildman–Crippen MR) is 127 cm³/mol. The highest BCUT2D eigenvalue weighted by molar-refractivity contribution is 7.32. The molecule has 0 aliphatic rings. The van der Waals surface area contributed by atoms with Gasteiger partial charge in [-0.15, -0.1) is 45.3 Å². The molecule has 3 nitrogen and oxygen atoms in total. The third-order valence-electron chi connectivity index (χ3n) is 4.67. The fourth-order valence-electron chi connectivity index (χ4n) is 3.47. The Morgan fingerprint density at radius 3 is 2.17 bits per heavy atom. The fraction of sp³-hybridized carbons (Fsp3) is 0.182. The van der Waals surface area contributed by atoms with Crippen LogP contribution < -0.4 is 0 Å². The van der Waals surface area contributed by atoms with Gasteiger partial charge in [-0.05, 0) is 36.2 Å². The molecule has 5 rings (SSSR count). The lowest BCUT2D eigenvalue weighted by atomic mass is 10.2. The second-order valence-electron chi connectivity index (χ2n) is 7.22. The van der Waals surface area contributed by atoms with Gasteiger partial charge in [0.2, 0.25) is 0 Å². The summed E-state index contributed by atoms with van der Waals surface area (Å²) in [6, 6.07) is 9.84. The van der Waals surface area contributed by atoms with E-state index < -0.39 is 12.5 Å². The first-order chi connectivity index (χ1) is 14.8. The highest BCUT2D eigenvalue weighted by Gasteiger charge is 2.20. The molecule has 7 heteroatoms. The fourth-order valence-corrected chi connectivity index (χ4v) is 7.74. The Kier molecular flexibility index (Phi) is 4.22. The molecule has 5 aromatic heterocycles. The second kappa shape index (κ2) is 7.32. The summed E-state index contributed by atoms with van der Waals surface area (Å²) in [5, 5.41) is 1.75. The molecule has 0 saturated heterocycles. The molecule has 0 unspecified atom stereocenters. The Hall–Kier alpha value is -2.06. The first-order valence-electron chi connectivity index (χ1n) is 10.1. The number of aromatic nitrogens is 1. The van der Waals surface area contributed by atoms with Crippen LogP contribution in [0.5, 0.6) is 0 Å². The van der Waals surface area contributed by atoms with Crippen LogP contribution in [-0.4, -0.2) is 17.1 Å². The number of hydrogen-bond donors (Lipinski definition) is 0. The normalized spacial score (nSPS) is 12.8. The van der Waals surface area contributed by atoms with Crippen molar-refractivity contribution in [1.82, 2.24) is 4.57 Å². The third-order valence-corrected chi connectivity index (χ3v) is 9.39. The number of rotatable bonds is 6. The number of carbonyl (C=O) groups excluding carboxylic acids is 2. The van der Waals surface area contributed by atoms with Gasteiger partial charge in [-0.1, -0.05) is 13.8 Å². The van der Waals surface area contributed by atoms with Gasteiger partial charge in [0.05, 0.1) is 25.3 Å². The highest BCUT2D eigenvalue weighted by atomic mass is 32.1. The van der Waals surface area contributed by atoms with Crippen molar-refractivity contribution in [3.63, 3.8) is 0 Å². The first kappa shape index (κ1) is 16.7. The van der Waals surface area contributed by atoms with Crippen molar-refractivity contribution in [3.8, 4) is 19.5 Å². The van der Waals surface area contributed by atoms with Crippen LogP contribution in [0.25, 0.3) is 39.9 Å². The molecule has 146 valence electrons. The number of hydrogen-bond acceptors (Lipinski definition) is 6. The summed E-state index contributed by atoms with van der Waals surface area (Å²) >= 11 is 6.30. The molecule has 0 radical (unpaired) electrons. The van der Waals surface area contributed by atoms with Crippen LogP contribution in [0.2, 0.25) is 0 Å². The first-order valence-corrected chi connectivity index (χ1v) is 12.4. The molecule has 0 saturated carbocycles. The van der Waals surface area contributed by atoms with E-state index in [-0.39, 0.29) is 0 Å². The van der Waals surface area contributed by atoms with Crippen molar-refractivity contribution >= 4 is 78.3 Å². The Morgan fingerprint density at radius 2 is 1.62 bits per heavy atom. The van der Waals surface area contributed by atoms with Crippen molar-refractivity contribution in [2.75, 3.05) is 0 Å². The van der Waals surface area contributed by atoms with Crippen LogP contribution >= 0.6 is 45.3 Å². The lowest BCUT2D eigenvalue weighted by Gasteiger charge is -2.08. The van der Waals surface area contributed by atoms with Crippen LogP contribution in [-0.2, 0) is 6.54 Å². The molecule has 0 aliphatic carbocycles. The van der Waals surface area contributed by atoms with Crippen LogP contribution in [0, 0.1) is 5.92 Å². The molecule has 0 bridgehead atoms. The van der Waals surface area contributed by atoms with Gasteiger partial charge < -0.3 is 4.57 Å². The zero-order chi connectivity index (χ0) is 21.9. The topological polar surface area (TPSA) is 39.1 Å². The van der Waals surface area contributed by atoms with Gasteiger partial charge in [-0.3, -0.25) is 9.59 Å². The standard InChI is InChI=1S/C22H17NO2S4/c1-12(2)8-23-15-6-19(17-4-3-14(10-25)27-17)28-21(15)22-16(23)7-20(29-22)18-5-13(9-24)11-26-18/h3-7,9-12H,8H2,1-2H3/i9D,10D. The van der Waals surface area contributed by atoms with E-state index in [2.05, 4.69) is 30.5 Å². The van der Waals surface area contributed by atoms with Crippen molar-refractivity contribution < 1.29 is 12.3 Å². The summed E-state index contributed by atoms with van der Waals surface area (Å²) in [5.41, 5.74) is 2.83. The van der Waals surface area contributed by atoms with E-state index in [4.69, 9.17) is 2.74 Å². The Morgan fingerprint density at radius 1 is 0.931 bits per heavy atom. The summed E-state index contributed by atoms with van der Waals surface area (Å²) in [5.74, 6) is 0.481. The minimum absolute atomic E-state index is 0.434. The highest BCUT2D eigenvalue weighted by Crippen LogP contribution is 2.47. The molecule has 0 amide bonds. The number of carbonyl (C=O) groups is 2. The lowest BCUT2D eigenvalue weighted by molar-refractivity contribution is 0.111. The SMILES string of the molecule is [2H]C(=O)c1csc(-c2cc3c(s2)c2sc(-c4ccc(C([2H])=O)s4)cc2n3CC(C)C)c1. The van der Waals surface area contributed by atoms with Crippen molar-refractivity contribution in [2.45, 2.75) is 20.4 Å². The number of fused-ring (bicyclic) bond motifs is 3. The summed E-state index contributed by atoms with van der Waals surface area (Å²) in [4.78, 5) is 27.5. The maximum atomic E-state index is 11.4. The average molecular weight is 458 g/mol. The van der Waals surface area contributed by atoms with E-state index in [9.17, 15) is 9.59 Å². The van der Waals surface area contributed by atoms with E-state index in [1.54, 1.807) is 40.2 Å². The Balaban J connectivity index is 1.67. The van der Waals surface area contributed by atoms with Crippen molar-refractivity contribution in [2.24, 2.45) is 5.92 Å². The van der Waals surface area contributed by atoms with Crippen LogP contribution in [0.1, 0.15) is 36.6 Å². The minimum Gasteiger partial charge on any atom is -0.339 e. The van der Waals surface area contributed by atoms with E-state index in [0.29, 0.717) is 16.4 Å². The maximum Gasteiger partial charge on any atom is 0.160 e. The summed E-state index contributed by atoms with van der Waals surface area (Å²) < 4.78 is 19.5. The van der Waals surface area contributed by atoms with Crippen molar-refractivity contribution in [3.05, 3.63) is 46.2 Å². The summed E-state index contributed by atoms with van der Waals surface area (Å²) in [7, 11) is 0. The largest absolute Gasteiger partial charge is 0.339 e. The lowest BCUT2D eigenvalue weighted by Crippen LogP contribution is -2.03. The van der Waals surface area contributed by atoms with E-state index in [0.717, 1.165) is 26.1 Å². The molecule has 0 fully saturated rings. The van der Waals surface area contributed by atoms with Gasteiger partial charge in [0, 0.05) is 37.0 Å². The second-order valence-corrected chi connectivity index (χ2v) is 11.3. The molecular weight excluding hydrogens is 439 g/mol. The quantitative estimate of drug-likeness (QED) is 0.246. The molecular formula is C22H17NO2S4. The Bertz CT molecular complexity index is 1360. The van der Waals surface area contributed by atoms with Crippen molar-refractivity contribution in [1.29, 1.82) is 0 Å². The van der Waals surface area contributed by atoms with E-state index in [1.807, 2.05) is 6.07 Å². The Labute approximate surface area is 186 Å². The predicted octanol–water partition coefficient (Wildman–Crippen LogP) is 7.66. The average Bonchev–Trinajstić information content (AvgIpc) is 3.50. The van der Waals surface area contributed by atoms with Gasteiger partial charge in [-0.2, -0.15) is 0 Å². The zero-order valence-electron chi connectivity index (χ0n) is 17.6. The molecule has 0 spiro atoms. The summed E-state index contributed by atoms with van der Waals surface area (Å²) in [6.45, 7) is 5.30. The summed E-state index contributed by atoms with van der Waals surface area (Å²) in [6.07, 6.45) is -1.30. The minimum atomic E-state index is -0.653.